The van der Waals surface area contributed by atoms with Crippen LogP contribution in [0, 0.1) is 0 Å². The molecule has 7 rings (SSSR count). The van der Waals surface area contributed by atoms with E-state index in [1.807, 2.05) is 41.3 Å². The smallest absolute Gasteiger partial charge is 0.223 e. The second-order valence-electron chi connectivity index (χ2n) is 12.6. The van der Waals surface area contributed by atoms with Gasteiger partial charge < -0.3 is 20.3 Å². The quantitative estimate of drug-likeness (QED) is 0.137. The van der Waals surface area contributed by atoms with Gasteiger partial charge in [0.15, 0.2) is 0 Å². The summed E-state index contributed by atoms with van der Waals surface area (Å²) in [5.74, 6) is 0.800. The summed E-state index contributed by atoms with van der Waals surface area (Å²) in [6.45, 7) is 3.14. The third kappa shape index (κ3) is 7.29. The van der Waals surface area contributed by atoms with Crippen LogP contribution in [-0.2, 0) is 22.7 Å². The van der Waals surface area contributed by atoms with E-state index in [-0.39, 0.29) is 17.9 Å². The molecule has 2 aliphatic rings. The van der Waals surface area contributed by atoms with Gasteiger partial charge in [-0.05, 0) is 42.7 Å². The highest BCUT2D eigenvalue weighted by molar-refractivity contribution is 6.39. The van der Waals surface area contributed by atoms with Crippen LogP contribution in [0.1, 0.15) is 36.8 Å². The predicted octanol–water partition coefficient (Wildman–Crippen LogP) is 6.38. The van der Waals surface area contributed by atoms with Crippen LogP contribution in [0.15, 0.2) is 73.2 Å². The minimum atomic E-state index is 0.123. The number of ether oxygens (including phenoxy) is 1. The summed E-state index contributed by atoms with van der Waals surface area (Å²) in [4.78, 5) is 39.3. The molecule has 0 spiro atoms. The highest BCUT2D eigenvalue weighted by atomic mass is 35.5. The lowest BCUT2D eigenvalue weighted by Gasteiger charge is -2.17. The number of halogens is 2. The molecule has 2 fully saturated rings. The first-order valence-corrected chi connectivity index (χ1v) is 17.5. The largest absolute Gasteiger partial charge is 0.481 e. The van der Waals surface area contributed by atoms with Gasteiger partial charge in [0.05, 0.1) is 35.0 Å². The summed E-state index contributed by atoms with van der Waals surface area (Å²) in [5, 5.41) is 11.8. The fourth-order valence-electron chi connectivity index (χ4n) is 6.60. The molecule has 3 N–H and O–H groups in total. The van der Waals surface area contributed by atoms with Crippen LogP contribution in [0.25, 0.3) is 44.4 Å². The van der Waals surface area contributed by atoms with E-state index < -0.39 is 0 Å². The van der Waals surface area contributed by atoms with Crippen LogP contribution in [0.3, 0.4) is 0 Å². The average Bonchev–Trinajstić information content (AvgIpc) is 3.75. The molecule has 1 atom stereocenters. The Morgan fingerprint density at radius 3 is 2.54 bits per heavy atom. The van der Waals surface area contributed by atoms with Crippen LogP contribution in [0.5, 0.6) is 5.88 Å². The molecule has 2 saturated heterocycles. The van der Waals surface area contributed by atoms with Gasteiger partial charge in [0.25, 0.3) is 0 Å². The van der Waals surface area contributed by atoms with Gasteiger partial charge in [0, 0.05) is 102 Å². The number of fused-ring (bicyclic) bond motifs is 1. The van der Waals surface area contributed by atoms with Crippen molar-refractivity contribution in [2.75, 3.05) is 26.9 Å². The molecule has 0 saturated carbocycles. The third-order valence-electron chi connectivity index (χ3n) is 9.22. The van der Waals surface area contributed by atoms with Gasteiger partial charge >= 0.3 is 0 Å². The molecule has 2 aliphatic heterocycles. The van der Waals surface area contributed by atoms with Gasteiger partial charge in [0.1, 0.15) is 0 Å². The Labute approximate surface area is 300 Å². The lowest BCUT2D eigenvalue weighted by Crippen LogP contribution is -2.35. The number of carbonyl (C=O) groups excluding carboxylic acids is 2. The molecule has 0 unspecified atom stereocenters. The average molecular weight is 711 g/mol. The number of hydrogen-bond acceptors (Lipinski definition) is 8. The zero-order valence-electron chi connectivity index (χ0n) is 27.6. The molecule has 0 aliphatic carbocycles. The van der Waals surface area contributed by atoms with Crippen molar-refractivity contribution < 1.29 is 14.3 Å². The zero-order valence-corrected chi connectivity index (χ0v) is 29.2. The maximum Gasteiger partial charge on any atom is 0.223 e. The summed E-state index contributed by atoms with van der Waals surface area (Å²) < 4.78 is 5.53. The fourth-order valence-corrected chi connectivity index (χ4v) is 7.26. The Morgan fingerprint density at radius 1 is 0.900 bits per heavy atom. The van der Waals surface area contributed by atoms with Crippen molar-refractivity contribution in [1.29, 1.82) is 0 Å². The summed E-state index contributed by atoms with van der Waals surface area (Å²) in [6, 6.07) is 18.1. The Balaban J connectivity index is 1.10. The van der Waals surface area contributed by atoms with E-state index in [9.17, 15) is 9.59 Å². The third-order valence-corrected chi connectivity index (χ3v) is 10.0. The lowest BCUT2D eigenvalue weighted by atomic mass is 9.98. The number of hydrogen-bond donors (Lipinski definition) is 3. The maximum atomic E-state index is 12.0. The molecule has 5 heterocycles. The van der Waals surface area contributed by atoms with Crippen LogP contribution in [0.4, 0.5) is 0 Å². The van der Waals surface area contributed by atoms with Crippen LogP contribution in [-0.4, -0.2) is 64.6 Å². The van der Waals surface area contributed by atoms with Gasteiger partial charge in [0.2, 0.25) is 17.7 Å². The monoisotopic (exact) mass is 709 g/mol. The zero-order chi connectivity index (χ0) is 34.6. The fraction of sp³-hybridized carbons (Fsp3) is 0.289. The van der Waals surface area contributed by atoms with Crippen molar-refractivity contribution in [2.24, 2.45) is 0 Å². The molecule has 3 aromatic heterocycles. The van der Waals surface area contributed by atoms with Crippen LogP contribution >= 0.6 is 23.2 Å². The highest BCUT2D eigenvalue weighted by Crippen LogP contribution is 2.42. The Morgan fingerprint density at radius 2 is 1.74 bits per heavy atom. The summed E-state index contributed by atoms with van der Waals surface area (Å²) in [7, 11) is 1.59. The summed E-state index contributed by atoms with van der Waals surface area (Å²) in [5.41, 5.74) is 7.40. The number of likely N-dealkylation sites (tertiary alicyclic amines) is 1. The number of methoxy groups -OCH3 is 1. The maximum absolute atomic E-state index is 12.0. The second-order valence-corrected chi connectivity index (χ2v) is 13.4. The van der Waals surface area contributed by atoms with Crippen molar-refractivity contribution in [3.05, 3.63) is 94.4 Å². The van der Waals surface area contributed by atoms with E-state index in [4.69, 9.17) is 32.9 Å². The molecule has 256 valence electrons. The molecule has 12 heteroatoms. The van der Waals surface area contributed by atoms with Gasteiger partial charge in [-0.15, -0.1) is 0 Å². The van der Waals surface area contributed by atoms with Crippen molar-refractivity contribution >= 4 is 45.9 Å². The molecule has 2 amide bonds. The number of amides is 2. The number of rotatable bonds is 12. The normalized spacial score (nSPS) is 16.0. The van der Waals surface area contributed by atoms with Crippen LogP contribution < -0.4 is 20.7 Å². The van der Waals surface area contributed by atoms with Crippen molar-refractivity contribution in [3.63, 3.8) is 0 Å². The minimum Gasteiger partial charge on any atom is -0.481 e. The first kappa shape index (κ1) is 33.9. The topological polar surface area (TPSA) is 121 Å². The number of benzene rings is 2. The van der Waals surface area contributed by atoms with Gasteiger partial charge in [-0.1, -0.05) is 53.5 Å². The SMILES string of the molecule is COc1ncc(-c2cccc(-c3ccnc(-c4cnc5cc(CNC[C@@H]6CCC(=O)N6)ccc5c4)c3Cl)c2Cl)cc1CNCN1CCCC1=O. The minimum absolute atomic E-state index is 0.123. The number of nitrogens with zero attached hydrogens (tertiary/aromatic N) is 4. The molecular formula is C38H37Cl2N7O3. The molecule has 0 bridgehead atoms. The predicted molar refractivity (Wildman–Crippen MR) is 196 cm³/mol. The van der Waals surface area contributed by atoms with Crippen molar-refractivity contribution in [1.82, 2.24) is 35.8 Å². The van der Waals surface area contributed by atoms with Gasteiger partial charge in [-0.2, -0.15) is 0 Å². The Bertz CT molecular complexity index is 2070. The number of carbonyl (C=O) groups is 2. The first-order valence-electron chi connectivity index (χ1n) is 16.7. The van der Waals surface area contributed by atoms with Gasteiger partial charge in [-0.3, -0.25) is 24.9 Å². The highest BCUT2D eigenvalue weighted by Gasteiger charge is 2.22. The molecule has 5 aromatic rings. The second kappa shape index (κ2) is 15.1. The van der Waals surface area contributed by atoms with Crippen molar-refractivity contribution in [3.8, 4) is 39.4 Å². The van der Waals surface area contributed by atoms with Gasteiger partial charge in [-0.25, -0.2) is 4.98 Å². The lowest BCUT2D eigenvalue weighted by molar-refractivity contribution is -0.128. The van der Waals surface area contributed by atoms with E-state index in [2.05, 4.69) is 44.1 Å². The van der Waals surface area contributed by atoms with Crippen LogP contribution in [0.2, 0.25) is 10.0 Å². The van der Waals surface area contributed by atoms with E-state index in [0.717, 1.165) is 75.8 Å². The molecular weight excluding hydrogens is 673 g/mol. The molecule has 10 nitrogen and oxygen atoms in total. The Hall–Kier alpha value is -4.61. The number of aromatic nitrogens is 3. The molecule has 2 aromatic carbocycles. The van der Waals surface area contributed by atoms with Crippen molar-refractivity contribution in [2.45, 2.75) is 44.8 Å². The number of nitrogens with one attached hydrogen (secondary N) is 3. The van der Waals surface area contributed by atoms with E-state index >= 15 is 0 Å². The first-order chi connectivity index (χ1) is 24.4. The Kier molecular flexibility index (Phi) is 10.2. The van der Waals surface area contributed by atoms with E-state index in [1.165, 1.54) is 0 Å². The number of pyridine rings is 3. The van der Waals surface area contributed by atoms with E-state index in [1.54, 1.807) is 25.7 Å². The molecule has 0 radical (unpaired) electrons. The van der Waals surface area contributed by atoms with E-state index in [0.29, 0.717) is 54.2 Å². The summed E-state index contributed by atoms with van der Waals surface area (Å²) >= 11 is 14.2. The molecule has 50 heavy (non-hydrogen) atoms. The summed E-state index contributed by atoms with van der Waals surface area (Å²) in [6.07, 6.45) is 8.23. The standard InChI is InChI=1S/C38H37Cl2N7O3/c1-50-38-27(18-42-22-47-13-3-6-34(47)49)16-25(19-45-38)29-4-2-5-30(35(29)39)31-11-12-43-37(36(31)40)26-15-24-8-7-23(14-32(24)44-20-26)17-41-21-28-9-10-33(48)46-28/h2,4-5,7-8,11-12,14-16,19-20,28,41-42H,3,6,9-10,13,17-18,21-22H2,1H3,(H,46,48)/t28-/m0/s1.